The molecule has 0 aliphatic rings. The summed E-state index contributed by atoms with van der Waals surface area (Å²) in [5, 5.41) is 2.65. The highest BCUT2D eigenvalue weighted by atomic mass is 16.5. The Kier molecular flexibility index (Phi) is 7.57. The predicted octanol–water partition coefficient (Wildman–Crippen LogP) is 1.12. The fourth-order valence-corrected chi connectivity index (χ4v) is 0.859. The topological polar surface area (TPSA) is 64.6 Å². The molecule has 5 heteroatoms. The van der Waals surface area contributed by atoms with Gasteiger partial charge in [-0.2, -0.15) is 0 Å². The Morgan fingerprint density at radius 2 is 1.81 bits per heavy atom. The number of carbonyl (C=O) groups excluding carboxylic acids is 2. The average molecular weight is 227 g/mol. The van der Waals surface area contributed by atoms with Crippen LogP contribution in [-0.2, 0) is 19.1 Å². The van der Waals surface area contributed by atoms with Crippen molar-refractivity contribution in [1.29, 1.82) is 0 Å². The van der Waals surface area contributed by atoms with E-state index in [1.165, 1.54) is 12.3 Å². The lowest BCUT2D eigenvalue weighted by atomic mass is 10.4. The van der Waals surface area contributed by atoms with Crippen molar-refractivity contribution in [2.45, 2.75) is 20.8 Å². The third kappa shape index (κ3) is 5.85. The van der Waals surface area contributed by atoms with E-state index in [1.54, 1.807) is 26.8 Å². The van der Waals surface area contributed by atoms with Crippen molar-refractivity contribution in [3.63, 3.8) is 0 Å². The first-order chi connectivity index (χ1) is 7.65. The Morgan fingerprint density at radius 1 is 1.19 bits per heavy atom. The van der Waals surface area contributed by atoms with Gasteiger partial charge in [-0.15, -0.1) is 0 Å². The number of hydrogen-bond acceptors (Lipinski definition) is 5. The SMILES string of the molecule is C/C=C(/N/C=C\C(=O)OCC)C(=O)OCC. The summed E-state index contributed by atoms with van der Waals surface area (Å²) in [6.45, 7) is 5.75. The number of ether oxygens (including phenoxy) is 2. The van der Waals surface area contributed by atoms with Crippen molar-refractivity contribution in [2.24, 2.45) is 0 Å². The van der Waals surface area contributed by atoms with Gasteiger partial charge in [0.1, 0.15) is 5.70 Å². The Hall–Kier alpha value is -1.78. The second kappa shape index (κ2) is 8.52. The summed E-state index contributed by atoms with van der Waals surface area (Å²) in [7, 11) is 0. The summed E-state index contributed by atoms with van der Waals surface area (Å²) in [6, 6.07) is 0. The van der Waals surface area contributed by atoms with Gasteiger partial charge in [-0.25, -0.2) is 9.59 Å². The normalized spacial score (nSPS) is 11.3. The van der Waals surface area contributed by atoms with Gasteiger partial charge in [0.25, 0.3) is 0 Å². The molecule has 0 spiro atoms. The standard InChI is InChI=1S/C11H17NO4/c1-4-9(11(14)16-6-3)12-8-7-10(13)15-5-2/h4,7-8,12H,5-6H2,1-3H3/b8-7-,9-4+. The van der Waals surface area contributed by atoms with Gasteiger partial charge in [0.05, 0.1) is 13.2 Å². The lowest BCUT2D eigenvalue weighted by Crippen LogP contribution is -2.18. The number of nitrogens with one attached hydrogen (secondary N) is 1. The van der Waals surface area contributed by atoms with Gasteiger partial charge in [-0.1, -0.05) is 6.08 Å². The highest BCUT2D eigenvalue weighted by Gasteiger charge is 2.06. The smallest absolute Gasteiger partial charge is 0.354 e. The summed E-state index contributed by atoms with van der Waals surface area (Å²) in [5.74, 6) is -0.923. The van der Waals surface area contributed by atoms with Crippen molar-refractivity contribution < 1.29 is 19.1 Å². The van der Waals surface area contributed by atoms with E-state index in [-0.39, 0.29) is 5.70 Å². The minimum Gasteiger partial charge on any atom is -0.463 e. The molecule has 0 aromatic carbocycles. The molecule has 0 fully saturated rings. The summed E-state index contributed by atoms with van der Waals surface area (Å²) < 4.78 is 9.44. The molecular weight excluding hydrogens is 210 g/mol. The van der Waals surface area contributed by atoms with Crippen LogP contribution in [0.15, 0.2) is 24.0 Å². The van der Waals surface area contributed by atoms with Crippen LogP contribution in [0, 0.1) is 0 Å². The van der Waals surface area contributed by atoms with Crippen molar-refractivity contribution in [3.05, 3.63) is 24.0 Å². The second-order valence-electron chi connectivity index (χ2n) is 2.65. The summed E-state index contributed by atoms with van der Waals surface area (Å²) >= 11 is 0. The average Bonchev–Trinajstić information content (AvgIpc) is 2.25. The first-order valence-corrected chi connectivity index (χ1v) is 5.08. The molecular formula is C11H17NO4. The highest BCUT2D eigenvalue weighted by Crippen LogP contribution is 1.94. The van der Waals surface area contributed by atoms with Crippen LogP contribution in [-0.4, -0.2) is 25.2 Å². The van der Waals surface area contributed by atoms with Crippen LogP contribution in [0.3, 0.4) is 0 Å². The number of rotatable bonds is 6. The van der Waals surface area contributed by atoms with Crippen LogP contribution in [0.2, 0.25) is 0 Å². The summed E-state index contributed by atoms with van der Waals surface area (Å²) in [6.07, 6.45) is 4.10. The Balaban J connectivity index is 4.16. The van der Waals surface area contributed by atoms with E-state index in [9.17, 15) is 9.59 Å². The highest BCUT2D eigenvalue weighted by molar-refractivity contribution is 5.88. The molecule has 0 aromatic rings. The van der Waals surface area contributed by atoms with E-state index < -0.39 is 11.9 Å². The number of esters is 2. The van der Waals surface area contributed by atoms with Crippen LogP contribution in [0.25, 0.3) is 0 Å². The summed E-state index contributed by atoms with van der Waals surface area (Å²) in [4.78, 5) is 22.2. The Bertz CT molecular complexity index is 294. The molecule has 0 atom stereocenters. The van der Waals surface area contributed by atoms with Crippen molar-refractivity contribution in [1.82, 2.24) is 5.32 Å². The van der Waals surface area contributed by atoms with Gasteiger partial charge < -0.3 is 14.8 Å². The molecule has 0 saturated heterocycles. The van der Waals surface area contributed by atoms with Crippen LogP contribution in [0.1, 0.15) is 20.8 Å². The Morgan fingerprint density at radius 3 is 2.31 bits per heavy atom. The van der Waals surface area contributed by atoms with Gasteiger partial charge in [0.15, 0.2) is 0 Å². The van der Waals surface area contributed by atoms with Crippen LogP contribution in [0.4, 0.5) is 0 Å². The van der Waals surface area contributed by atoms with Gasteiger partial charge >= 0.3 is 11.9 Å². The summed E-state index contributed by atoms with van der Waals surface area (Å²) in [5.41, 5.74) is 0.280. The molecule has 90 valence electrons. The van der Waals surface area contributed by atoms with Crippen LogP contribution >= 0.6 is 0 Å². The quantitative estimate of drug-likeness (QED) is 0.544. The molecule has 0 rings (SSSR count). The first kappa shape index (κ1) is 14.2. The van der Waals surface area contributed by atoms with E-state index in [2.05, 4.69) is 10.1 Å². The minimum absolute atomic E-state index is 0.280. The van der Waals surface area contributed by atoms with E-state index in [4.69, 9.17) is 4.74 Å². The van der Waals surface area contributed by atoms with Gasteiger partial charge in [-0.05, 0) is 20.8 Å². The van der Waals surface area contributed by atoms with Crippen LogP contribution < -0.4 is 5.32 Å². The Labute approximate surface area is 95.1 Å². The zero-order chi connectivity index (χ0) is 12.4. The number of hydrogen-bond donors (Lipinski definition) is 1. The zero-order valence-electron chi connectivity index (χ0n) is 9.78. The predicted molar refractivity (Wildman–Crippen MR) is 59.3 cm³/mol. The van der Waals surface area contributed by atoms with E-state index in [0.717, 1.165) is 0 Å². The third-order valence-corrected chi connectivity index (χ3v) is 1.53. The molecule has 0 heterocycles. The van der Waals surface area contributed by atoms with Crippen molar-refractivity contribution >= 4 is 11.9 Å². The fourth-order valence-electron chi connectivity index (χ4n) is 0.859. The van der Waals surface area contributed by atoms with Crippen molar-refractivity contribution in [3.8, 4) is 0 Å². The van der Waals surface area contributed by atoms with Crippen LogP contribution in [0.5, 0.6) is 0 Å². The number of allylic oxidation sites excluding steroid dienone is 1. The molecule has 5 nitrogen and oxygen atoms in total. The lowest BCUT2D eigenvalue weighted by Gasteiger charge is -2.05. The second-order valence-corrected chi connectivity index (χ2v) is 2.65. The molecule has 1 N–H and O–H groups in total. The van der Waals surface area contributed by atoms with E-state index in [1.807, 2.05) is 0 Å². The molecule has 16 heavy (non-hydrogen) atoms. The van der Waals surface area contributed by atoms with Crippen molar-refractivity contribution in [2.75, 3.05) is 13.2 Å². The molecule has 0 amide bonds. The van der Waals surface area contributed by atoms with Gasteiger partial charge in [0.2, 0.25) is 0 Å². The van der Waals surface area contributed by atoms with E-state index in [0.29, 0.717) is 13.2 Å². The molecule has 0 bridgehead atoms. The van der Waals surface area contributed by atoms with E-state index >= 15 is 0 Å². The maximum atomic E-state index is 11.3. The molecule has 0 aliphatic carbocycles. The molecule has 0 saturated carbocycles. The van der Waals surface area contributed by atoms with Gasteiger partial charge in [-0.3, -0.25) is 0 Å². The first-order valence-electron chi connectivity index (χ1n) is 5.08. The third-order valence-electron chi connectivity index (χ3n) is 1.53. The van der Waals surface area contributed by atoms with Gasteiger partial charge in [0, 0.05) is 12.3 Å². The molecule has 0 radical (unpaired) electrons. The largest absolute Gasteiger partial charge is 0.463 e. The molecule has 0 aliphatic heterocycles. The zero-order valence-corrected chi connectivity index (χ0v) is 9.78. The fraction of sp³-hybridized carbons (Fsp3) is 0.455. The maximum Gasteiger partial charge on any atom is 0.354 e. The number of carbonyl (C=O) groups is 2. The molecule has 0 aromatic heterocycles. The maximum absolute atomic E-state index is 11.3. The molecule has 0 unspecified atom stereocenters. The minimum atomic E-state index is -0.464. The monoisotopic (exact) mass is 227 g/mol. The lowest BCUT2D eigenvalue weighted by molar-refractivity contribution is -0.139.